The Morgan fingerprint density at radius 3 is 1.61 bits per heavy atom. The number of hydrogen-bond donors (Lipinski definition) is 2. The van der Waals surface area contributed by atoms with Crippen LogP contribution in [0.15, 0.2) is 72.3 Å². The Balaban J connectivity index is 1.95. The second-order valence-electron chi connectivity index (χ2n) is 7.49. The van der Waals surface area contributed by atoms with Gasteiger partial charge in [-0.25, -0.2) is 8.78 Å². The van der Waals surface area contributed by atoms with E-state index in [2.05, 4.69) is 0 Å². The lowest BCUT2D eigenvalue weighted by atomic mass is 10.0. The molecule has 0 fully saturated rings. The van der Waals surface area contributed by atoms with Crippen molar-refractivity contribution in [2.45, 2.75) is 0 Å². The molecule has 0 bridgehead atoms. The van der Waals surface area contributed by atoms with Gasteiger partial charge in [-0.3, -0.25) is 9.59 Å². The molecule has 2 N–H and O–H groups in total. The summed E-state index contributed by atoms with van der Waals surface area (Å²) >= 11 is 0. The fourth-order valence-corrected chi connectivity index (χ4v) is 3.15. The van der Waals surface area contributed by atoms with Gasteiger partial charge >= 0.3 is 0 Å². The van der Waals surface area contributed by atoms with Gasteiger partial charge < -0.3 is 19.7 Å². The maximum Gasteiger partial charge on any atom is 0.189 e. The molecule has 8 heteroatoms. The van der Waals surface area contributed by atoms with Crippen LogP contribution >= 0.6 is 0 Å². The third-order valence-electron chi connectivity index (χ3n) is 5.05. The first kappa shape index (κ1) is 25.9. The summed E-state index contributed by atoms with van der Waals surface area (Å²) in [5.74, 6) is -3.32. The fourth-order valence-electron chi connectivity index (χ4n) is 3.15. The van der Waals surface area contributed by atoms with Gasteiger partial charge in [-0.2, -0.15) is 0 Å². The number of methoxy groups -OCH3 is 2. The van der Waals surface area contributed by atoms with Gasteiger partial charge in [0, 0.05) is 0 Å². The lowest BCUT2D eigenvalue weighted by Gasteiger charge is -2.05. The molecule has 0 heterocycles. The molecule has 0 saturated carbocycles. The smallest absolute Gasteiger partial charge is 0.189 e. The van der Waals surface area contributed by atoms with Crippen LogP contribution in [0.4, 0.5) is 8.78 Å². The minimum absolute atomic E-state index is 0.0777. The Labute approximate surface area is 206 Å². The summed E-state index contributed by atoms with van der Waals surface area (Å²) in [6.07, 6.45) is 6.30. The lowest BCUT2D eigenvalue weighted by molar-refractivity contribution is -0.116. The van der Waals surface area contributed by atoms with Crippen molar-refractivity contribution in [1.29, 1.82) is 0 Å². The Kier molecular flexibility index (Phi) is 8.35. The van der Waals surface area contributed by atoms with E-state index in [1.165, 1.54) is 56.7 Å². The zero-order valence-corrected chi connectivity index (χ0v) is 19.4. The van der Waals surface area contributed by atoms with Crippen LogP contribution in [0, 0.1) is 11.6 Å². The van der Waals surface area contributed by atoms with Gasteiger partial charge in [0.2, 0.25) is 0 Å². The zero-order chi connectivity index (χ0) is 26.2. The number of halogens is 2. The van der Waals surface area contributed by atoms with Crippen molar-refractivity contribution in [3.63, 3.8) is 0 Å². The first-order valence-corrected chi connectivity index (χ1v) is 10.6. The van der Waals surface area contributed by atoms with Gasteiger partial charge in [0.1, 0.15) is 0 Å². The highest BCUT2D eigenvalue weighted by atomic mass is 19.2. The first-order chi connectivity index (χ1) is 17.2. The summed E-state index contributed by atoms with van der Waals surface area (Å²) in [7, 11) is 2.76. The highest BCUT2D eigenvalue weighted by molar-refractivity contribution is 6.31. The Morgan fingerprint density at radius 2 is 1.17 bits per heavy atom. The van der Waals surface area contributed by atoms with Gasteiger partial charge in [0.25, 0.3) is 0 Å². The van der Waals surface area contributed by atoms with Gasteiger partial charge in [0.15, 0.2) is 46.2 Å². The van der Waals surface area contributed by atoms with Crippen LogP contribution in [0.1, 0.15) is 16.7 Å². The van der Waals surface area contributed by atoms with Crippen LogP contribution in [0.25, 0.3) is 18.2 Å². The second-order valence-corrected chi connectivity index (χ2v) is 7.49. The van der Waals surface area contributed by atoms with Gasteiger partial charge in [0.05, 0.1) is 19.8 Å². The first-order valence-electron chi connectivity index (χ1n) is 10.6. The van der Waals surface area contributed by atoms with Crippen molar-refractivity contribution in [3.05, 3.63) is 101 Å². The number of hydrogen-bond acceptors (Lipinski definition) is 6. The summed E-state index contributed by atoms with van der Waals surface area (Å²) in [4.78, 5) is 26.0. The van der Waals surface area contributed by atoms with Crippen molar-refractivity contribution in [3.8, 4) is 23.0 Å². The minimum Gasteiger partial charge on any atom is -0.504 e. The molecule has 3 aromatic carbocycles. The second kappa shape index (κ2) is 11.6. The van der Waals surface area contributed by atoms with Gasteiger partial charge in [-0.15, -0.1) is 0 Å². The van der Waals surface area contributed by atoms with E-state index >= 15 is 0 Å². The molecule has 0 aliphatic heterocycles. The summed E-state index contributed by atoms with van der Waals surface area (Å²) in [5, 5.41) is 19.4. The number of carbonyl (C=O) groups is 2. The number of aromatic hydroxyl groups is 2. The maximum atomic E-state index is 13.7. The van der Waals surface area contributed by atoms with Gasteiger partial charge in [-0.05, 0) is 71.3 Å². The number of phenols is 2. The third kappa shape index (κ3) is 6.44. The predicted octanol–water partition coefficient (Wildman–Crippen LogP) is 5.34. The van der Waals surface area contributed by atoms with Crippen molar-refractivity contribution in [1.82, 2.24) is 0 Å². The van der Waals surface area contributed by atoms with Crippen LogP contribution in [-0.4, -0.2) is 36.0 Å². The van der Waals surface area contributed by atoms with Crippen LogP contribution < -0.4 is 9.47 Å². The van der Waals surface area contributed by atoms with Crippen LogP contribution in [0.2, 0.25) is 0 Å². The van der Waals surface area contributed by atoms with Crippen LogP contribution in [0.5, 0.6) is 23.0 Å². The number of phenolic OH excluding ortho intramolecular Hbond substituents is 2. The molecular weight excluding hydrogens is 470 g/mol. The number of allylic oxidation sites excluding steroid dienone is 3. The summed E-state index contributed by atoms with van der Waals surface area (Å²) in [5.41, 5.74) is 0.851. The van der Waals surface area contributed by atoms with Gasteiger partial charge in [-0.1, -0.05) is 30.4 Å². The SMILES string of the molecule is COc1cc(C=CC(=O)C(=Cc2ccc(F)c(F)c2)C(=O)C=Cc2ccc(O)c(OC)c2)ccc1O. The predicted molar refractivity (Wildman–Crippen MR) is 132 cm³/mol. The van der Waals surface area contributed by atoms with E-state index in [9.17, 15) is 28.6 Å². The van der Waals surface area contributed by atoms with E-state index in [1.807, 2.05) is 0 Å². The molecule has 0 aromatic heterocycles. The molecule has 3 aromatic rings. The molecule has 0 radical (unpaired) electrons. The largest absolute Gasteiger partial charge is 0.504 e. The third-order valence-corrected chi connectivity index (χ3v) is 5.05. The average Bonchev–Trinajstić information content (AvgIpc) is 2.87. The van der Waals surface area contributed by atoms with Crippen molar-refractivity contribution in [2.75, 3.05) is 14.2 Å². The molecule has 0 amide bonds. The zero-order valence-electron chi connectivity index (χ0n) is 19.4. The highest BCUT2D eigenvalue weighted by Crippen LogP contribution is 2.28. The molecule has 0 saturated heterocycles. The molecule has 0 aliphatic rings. The molecule has 0 atom stereocenters. The number of ether oxygens (including phenoxy) is 2. The number of carbonyl (C=O) groups excluding carboxylic acids is 2. The quantitative estimate of drug-likeness (QED) is 0.238. The standard InChI is InChI=1S/C28H22F2O6/c1-35-27-15-17(6-11-25(27)33)4-9-23(31)20(13-19-3-8-21(29)22(30)14-19)24(32)10-5-18-7-12-26(34)28(16-18)36-2/h3-16,33-34H,1-2H3. The summed E-state index contributed by atoms with van der Waals surface area (Å²) in [6.45, 7) is 0. The van der Waals surface area contributed by atoms with Crippen molar-refractivity contribution >= 4 is 29.8 Å². The van der Waals surface area contributed by atoms with Crippen molar-refractivity contribution < 1.29 is 38.1 Å². The molecule has 0 spiro atoms. The minimum atomic E-state index is -1.12. The summed E-state index contributed by atoms with van der Waals surface area (Å²) in [6, 6.07) is 11.9. The average molecular weight is 492 g/mol. The topological polar surface area (TPSA) is 93.1 Å². The van der Waals surface area contributed by atoms with Crippen molar-refractivity contribution in [2.24, 2.45) is 0 Å². The lowest BCUT2D eigenvalue weighted by Crippen LogP contribution is -2.08. The van der Waals surface area contributed by atoms with E-state index in [-0.39, 0.29) is 34.1 Å². The normalized spacial score (nSPS) is 11.0. The molecule has 3 rings (SSSR count). The highest BCUT2D eigenvalue weighted by Gasteiger charge is 2.15. The Bertz CT molecular complexity index is 1310. The van der Waals surface area contributed by atoms with E-state index in [4.69, 9.17) is 9.47 Å². The Hall–Kier alpha value is -4.72. The molecule has 184 valence electrons. The maximum absolute atomic E-state index is 13.7. The molecular formula is C28H22F2O6. The van der Waals surface area contributed by atoms with Crippen LogP contribution in [-0.2, 0) is 9.59 Å². The number of ketones is 2. The number of benzene rings is 3. The van der Waals surface area contributed by atoms with E-state index in [0.29, 0.717) is 11.1 Å². The van der Waals surface area contributed by atoms with E-state index < -0.39 is 23.2 Å². The fraction of sp³-hybridized carbons (Fsp3) is 0.0714. The van der Waals surface area contributed by atoms with Crippen LogP contribution in [0.3, 0.4) is 0 Å². The Morgan fingerprint density at radius 1 is 0.694 bits per heavy atom. The molecule has 0 aliphatic carbocycles. The molecule has 6 nitrogen and oxygen atoms in total. The van der Waals surface area contributed by atoms with E-state index in [1.54, 1.807) is 12.1 Å². The molecule has 0 unspecified atom stereocenters. The summed E-state index contributed by atoms with van der Waals surface area (Å²) < 4.78 is 37.1. The van der Waals surface area contributed by atoms with E-state index in [0.717, 1.165) is 30.4 Å². The number of rotatable bonds is 9. The monoisotopic (exact) mass is 492 g/mol. The molecule has 36 heavy (non-hydrogen) atoms.